The third-order valence-electron chi connectivity index (χ3n) is 3.70. The fraction of sp³-hybridized carbons (Fsp3) is 0.200. The number of carbonyl (C=O) groups excluding carboxylic acids is 3. The first-order chi connectivity index (χ1) is 12.9. The van der Waals surface area contributed by atoms with Crippen molar-refractivity contribution in [1.82, 2.24) is 5.32 Å². The van der Waals surface area contributed by atoms with E-state index in [1.165, 1.54) is 13.8 Å². The van der Waals surface area contributed by atoms with Crippen LogP contribution < -0.4 is 10.6 Å². The molecule has 0 saturated heterocycles. The number of hydrogen-bond acceptors (Lipinski definition) is 5. The SMILES string of the molecule is C[C@H](NC(=O)c1ccccc1)C(=O)O[C@H](C)C(=O)Nc1ccccc1C#N. The molecule has 0 fully saturated rings. The third kappa shape index (κ3) is 5.41. The topological polar surface area (TPSA) is 108 Å². The zero-order valence-corrected chi connectivity index (χ0v) is 14.9. The van der Waals surface area contributed by atoms with E-state index >= 15 is 0 Å². The number of esters is 1. The lowest BCUT2D eigenvalue weighted by Gasteiger charge is -2.18. The lowest BCUT2D eigenvalue weighted by Crippen LogP contribution is -2.42. The van der Waals surface area contributed by atoms with Gasteiger partial charge in [-0.15, -0.1) is 0 Å². The third-order valence-corrected chi connectivity index (χ3v) is 3.70. The molecule has 0 aliphatic heterocycles. The van der Waals surface area contributed by atoms with Gasteiger partial charge < -0.3 is 15.4 Å². The van der Waals surface area contributed by atoms with Crippen LogP contribution in [0.1, 0.15) is 29.8 Å². The highest BCUT2D eigenvalue weighted by Crippen LogP contribution is 2.14. The second-order valence-electron chi connectivity index (χ2n) is 5.79. The first kappa shape index (κ1) is 19.7. The Morgan fingerprint density at radius 1 is 1.00 bits per heavy atom. The fourth-order valence-electron chi connectivity index (χ4n) is 2.18. The second kappa shape index (κ2) is 9.15. The number of nitrogens with zero attached hydrogens (tertiary/aromatic N) is 1. The molecule has 2 N–H and O–H groups in total. The summed E-state index contributed by atoms with van der Waals surface area (Å²) in [7, 11) is 0. The van der Waals surface area contributed by atoms with Crippen molar-refractivity contribution in [3.63, 3.8) is 0 Å². The van der Waals surface area contributed by atoms with Gasteiger partial charge in [0.15, 0.2) is 6.10 Å². The average Bonchev–Trinajstić information content (AvgIpc) is 2.68. The Labute approximate surface area is 156 Å². The van der Waals surface area contributed by atoms with Gasteiger partial charge in [-0.1, -0.05) is 30.3 Å². The predicted molar refractivity (Wildman–Crippen MR) is 98.7 cm³/mol. The van der Waals surface area contributed by atoms with Crippen molar-refractivity contribution < 1.29 is 19.1 Å². The molecule has 0 saturated carbocycles. The van der Waals surface area contributed by atoms with E-state index in [9.17, 15) is 14.4 Å². The lowest BCUT2D eigenvalue weighted by atomic mass is 10.2. The van der Waals surface area contributed by atoms with E-state index in [-0.39, 0.29) is 0 Å². The first-order valence-corrected chi connectivity index (χ1v) is 8.28. The molecule has 0 aromatic heterocycles. The summed E-state index contributed by atoms with van der Waals surface area (Å²) in [6, 6.07) is 16.0. The highest BCUT2D eigenvalue weighted by molar-refractivity contribution is 5.98. The number of hydrogen-bond donors (Lipinski definition) is 2. The van der Waals surface area contributed by atoms with Crippen molar-refractivity contribution in [1.29, 1.82) is 5.26 Å². The smallest absolute Gasteiger partial charge is 0.329 e. The molecular weight excluding hydrogens is 346 g/mol. The Kier molecular flexibility index (Phi) is 6.67. The predicted octanol–water partition coefficient (Wildman–Crippen LogP) is 2.25. The Hall–Kier alpha value is -3.66. The number of nitrogens with one attached hydrogen (secondary N) is 2. The number of ether oxygens (including phenoxy) is 1. The van der Waals surface area contributed by atoms with Gasteiger partial charge in [-0.2, -0.15) is 5.26 Å². The molecule has 2 aromatic carbocycles. The molecule has 138 valence electrons. The van der Waals surface area contributed by atoms with Crippen LogP contribution in [0, 0.1) is 11.3 Å². The van der Waals surface area contributed by atoms with Crippen LogP contribution in [0.5, 0.6) is 0 Å². The van der Waals surface area contributed by atoms with Crippen LogP contribution in [0.3, 0.4) is 0 Å². The number of amides is 2. The van der Waals surface area contributed by atoms with Crippen LogP contribution in [-0.2, 0) is 14.3 Å². The van der Waals surface area contributed by atoms with Crippen LogP contribution >= 0.6 is 0 Å². The van der Waals surface area contributed by atoms with Crippen LogP contribution in [0.4, 0.5) is 5.69 Å². The summed E-state index contributed by atoms with van der Waals surface area (Å²) >= 11 is 0. The maximum Gasteiger partial charge on any atom is 0.329 e. The molecule has 2 atom stereocenters. The van der Waals surface area contributed by atoms with E-state index in [2.05, 4.69) is 10.6 Å². The number of carbonyl (C=O) groups is 3. The van der Waals surface area contributed by atoms with Crippen molar-refractivity contribution >= 4 is 23.5 Å². The lowest BCUT2D eigenvalue weighted by molar-refractivity contribution is -0.154. The van der Waals surface area contributed by atoms with E-state index < -0.39 is 29.9 Å². The zero-order chi connectivity index (χ0) is 19.8. The van der Waals surface area contributed by atoms with Crippen molar-refractivity contribution in [3.8, 4) is 6.07 Å². The summed E-state index contributed by atoms with van der Waals surface area (Å²) in [5, 5.41) is 14.1. The van der Waals surface area contributed by atoms with Crippen LogP contribution in [0.25, 0.3) is 0 Å². The molecule has 27 heavy (non-hydrogen) atoms. The Morgan fingerprint density at radius 3 is 2.30 bits per heavy atom. The van der Waals surface area contributed by atoms with Crippen LogP contribution in [-0.4, -0.2) is 29.9 Å². The standard InChI is InChI=1S/C20H19N3O4/c1-13(22-19(25)15-8-4-3-5-9-15)20(26)27-14(2)18(24)23-17-11-7-6-10-16(17)12-21/h3-11,13-14H,1-2H3,(H,22,25)(H,23,24)/t13-,14+/m0/s1. The van der Waals surface area contributed by atoms with Gasteiger partial charge in [0, 0.05) is 5.56 Å². The van der Waals surface area contributed by atoms with Gasteiger partial charge in [-0.3, -0.25) is 9.59 Å². The van der Waals surface area contributed by atoms with E-state index in [1.807, 2.05) is 6.07 Å². The normalized spacial score (nSPS) is 12.2. The average molecular weight is 365 g/mol. The van der Waals surface area contributed by atoms with Gasteiger partial charge in [0.1, 0.15) is 12.1 Å². The molecule has 2 rings (SSSR count). The van der Waals surface area contributed by atoms with Gasteiger partial charge in [0.2, 0.25) is 0 Å². The minimum atomic E-state index is -1.10. The van der Waals surface area contributed by atoms with Crippen molar-refractivity contribution in [2.24, 2.45) is 0 Å². The minimum Gasteiger partial charge on any atom is -0.451 e. The molecule has 0 aliphatic rings. The van der Waals surface area contributed by atoms with Gasteiger partial charge in [-0.05, 0) is 38.1 Å². The number of para-hydroxylation sites is 1. The molecule has 2 amide bonds. The number of anilines is 1. The zero-order valence-electron chi connectivity index (χ0n) is 14.9. The van der Waals surface area contributed by atoms with Gasteiger partial charge in [-0.25, -0.2) is 4.79 Å². The summed E-state index contributed by atoms with van der Waals surface area (Å²) < 4.78 is 5.11. The second-order valence-corrected chi connectivity index (χ2v) is 5.79. The quantitative estimate of drug-likeness (QED) is 0.763. The summed E-state index contributed by atoms with van der Waals surface area (Å²) in [6.45, 7) is 2.88. The summed E-state index contributed by atoms with van der Waals surface area (Å²) in [4.78, 5) is 36.4. The molecule has 7 heteroatoms. The van der Waals surface area contributed by atoms with Gasteiger partial charge in [0.25, 0.3) is 11.8 Å². The van der Waals surface area contributed by atoms with Crippen molar-refractivity contribution in [2.45, 2.75) is 26.0 Å². The Bertz CT molecular complexity index is 874. The maximum absolute atomic E-state index is 12.2. The monoisotopic (exact) mass is 365 g/mol. The highest BCUT2D eigenvalue weighted by Gasteiger charge is 2.24. The number of benzene rings is 2. The van der Waals surface area contributed by atoms with Crippen LogP contribution in [0.2, 0.25) is 0 Å². The summed E-state index contributed by atoms with van der Waals surface area (Å²) in [5.74, 6) is -1.73. The number of nitriles is 1. The number of rotatable bonds is 6. The molecular formula is C20H19N3O4. The van der Waals surface area contributed by atoms with Crippen LogP contribution in [0.15, 0.2) is 54.6 Å². The van der Waals surface area contributed by atoms with E-state index in [1.54, 1.807) is 54.6 Å². The van der Waals surface area contributed by atoms with Gasteiger partial charge in [0.05, 0.1) is 11.3 Å². The molecule has 0 spiro atoms. The van der Waals surface area contributed by atoms with E-state index in [0.29, 0.717) is 16.8 Å². The Balaban J connectivity index is 1.91. The largest absolute Gasteiger partial charge is 0.451 e. The fourth-order valence-corrected chi connectivity index (χ4v) is 2.18. The summed E-state index contributed by atoms with van der Waals surface area (Å²) in [5.41, 5.74) is 1.04. The van der Waals surface area contributed by atoms with Crippen molar-refractivity contribution in [3.05, 3.63) is 65.7 Å². The van der Waals surface area contributed by atoms with Gasteiger partial charge >= 0.3 is 5.97 Å². The van der Waals surface area contributed by atoms with Crippen molar-refractivity contribution in [2.75, 3.05) is 5.32 Å². The highest BCUT2D eigenvalue weighted by atomic mass is 16.5. The molecule has 0 unspecified atom stereocenters. The maximum atomic E-state index is 12.2. The molecule has 0 aliphatic carbocycles. The molecule has 7 nitrogen and oxygen atoms in total. The molecule has 0 radical (unpaired) electrons. The molecule has 0 bridgehead atoms. The Morgan fingerprint density at radius 2 is 1.63 bits per heavy atom. The minimum absolute atomic E-state index is 0.299. The summed E-state index contributed by atoms with van der Waals surface area (Å²) in [6.07, 6.45) is -1.10. The molecule has 0 heterocycles. The molecule has 2 aromatic rings. The van der Waals surface area contributed by atoms with E-state index in [0.717, 1.165) is 0 Å². The van der Waals surface area contributed by atoms with E-state index in [4.69, 9.17) is 10.00 Å². The first-order valence-electron chi connectivity index (χ1n) is 8.28.